The van der Waals surface area contributed by atoms with Gasteiger partial charge in [-0.25, -0.2) is 4.68 Å². The lowest BCUT2D eigenvalue weighted by atomic mass is 10.1. The van der Waals surface area contributed by atoms with E-state index in [4.69, 9.17) is 4.74 Å². The zero-order valence-electron chi connectivity index (χ0n) is 17.0. The summed E-state index contributed by atoms with van der Waals surface area (Å²) in [5.74, 6) is -0.230. The van der Waals surface area contributed by atoms with Crippen LogP contribution in [0.15, 0.2) is 59.1 Å². The fourth-order valence-corrected chi connectivity index (χ4v) is 3.37. The minimum Gasteiger partial charge on any atom is -0.481 e. The van der Waals surface area contributed by atoms with Crippen LogP contribution in [0, 0.1) is 13.8 Å². The highest BCUT2D eigenvalue weighted by atomic mass is 79.9. The molecular weight excluding hydrogens is 448 g/mol. The van der Waals surface area contributed by atoms with Gasteiger partial charge >= 0.3 is 0 Å². The molecule has 2 amide bonds. The molecule has 1 unspecified atom stereocenters. The summed E-state index contributed by atoms with van der Waals surface area (Å²) < 4.78 is 8.25. The van der Waals surface area contributed by atoms with Gasteiger partial charge in [-0.05, 0) is 51.1 Å². The van der Waals surface area contributed by atoms with E-state index >= 15 is 0 Å². The number of halogens is 1. The van der Waals surface area contributed by atoms with Crippen LogP contribution in [0.1, 0.15) is 23.9 Å². The number of carbonyl (C=O) groups excluding carboxylic acids is 2. The summed E-state index contributed by atoms with van der Waals surface area (Å²) in [5.41, 5.74) is 8.26. The molecule has 30 heavy (non-hydrogen) atoms. The highest BCUT2D eigenvalue weighted by Crippen LogP contribution is 2.19. The normalized spacial score (nSPS) is 11.6. The van der Waals surface area contributed by atoms with Gasteiger partial charge in [0, 0.05) is 15.7 Å². The van der Waals surface area contributed by atoms with Gasteiger partial charge in [-0.3, -0.25) is 20.4 Å². The van der Waals surface area contributed by atoms with Crippen molar-refractivity contribution in [1.82, 2.24) is 20.6 Å². The van der Waals surface area contributed by atoms with Crippen molar-refractivity contribution in [3.8, 4) is 11.4 Å². The molecule has 2 N–H and O–H groups in total. The Morgan fingerprint density at radius 1 is 1.10 bits per heavy atom. The van der Waals surface area contributed by atoms with Gasteiger partial charge in [-0.15, -0.1) is 0 Å². The maximum absolute atomic E-state index is 12.4. The summed E-state index contributed by atoms with van der Waals surface area (Å²) in [4.78, 5) is 24.6. The number of aryl methyl sites for hydroxylation is 1. The van der Waals surface area contributed by atoms with Gasteiger partial charge in [0.2, 0.25) is 5.91 Å². The molecule has 0 aliphatic rings. The predicted octanol–water partition coefficient (Wildman–Crippen LogP) is 3.41. The Balaban J connectivity index is 1.57. The fourth-order valence-electron chi connectivity index (χ4n) is 2.99. The second-order valence-electron chi connectivity index (χ2n) is 6.83. The maximum atomic E-state index is 12.4. The molecule has 3 aromatic rings. The van der Waals surface area contributed by atoms with Crippen molar-refractivity contribution < 1.29 is 14.3 Å². The summed E-state index contributed by atoms with van der Waals surface area (Å²) in [7, 11) is 0. The largest absolute Gasteiger partial charge is 0.481 e. The van der Waals surface area contributed by atoms with Crippen molar-refractivity contribution in [1.29, 1.82) is 0 Å². The van der Waals surface area contributed by atoms with Crippen LogP contribution < -0.4 is 15.6 Å². The van der Waals surface area contributed by atoms with Crippen LogP contribution >= 0.6 is 15.9 Å². The van der Waals surface area contributed by atoms with Crippen LogP contribution in [0.4, 0.5) is 0 Å². The lowest BCUT2D eigenvalue weighted by molar-refractivity contribution is -0.132. The first kappa shape index (κ1) is 21.6. The molecule has 0 aliphatic carbocycles. The number of para-hydroxylation sites is 1. The molecule has 8 heteroatoms. The summed E-state index contributed by atoms with van der Waals surface area (Å²) in [5, 5.41) is 4.54. The minimum atomic E-state index is -0.774. The van der Waals surface area contributed by atoms with Crippen molar-refractivity contribution in [3.05, 3.63) is 76.0 Å². The van der Waals surface area contributed by atoms with Crippen LogP contribution in [0.25, 0.3) is 5.69 Å². The minimum absolute atomic E-state index is 0.103. The van der Waals surface area contributed by atoms with Gasteiger partial charge in [0.15, 0.2) is 6.10 Å². The van der Waals surface area contributed by atoms with Crippen LogP contribution in [0.5, 0.6) is 5.75 Å². The van der Waals surface area contributed by atoms with Gasteiger partial charge in [0.1, 0.15) is 5.75 Å². The number of hydrogen-bond acceptors (Lipinski definition) is 4. The Morgan fingerprint density at radius 2 is 1.83 bits per heavy atom. The smallest absolute Gasteiger partial charge is 0.279 e. The maximum Gasteiger partial charge on any atom is 0.279 e. The van der Waals surface area contributed by atoms with Crippen LogP contribution in [0.2, 0.25) is 0 Å². The van der Waals surface area contributed by atoms with Gasteiger partial charge in [0.25, 0.3) is 5.91 Å². The molecule has 0 fully saturated rings. The van der Waals surface area contributed by atoms with Gasteiger partial charge in [0.05, 0.1) is 17.8 Å². The summed E-state index contributed by atoms with van der Waals surface area (Å²) >= 11 is 3.35. The first-order valence-electron chi connectivity index (χ1n) is 9.46. The molecule has 0 spiro atoms. The van der Waals surface area contributed by atoms with Crippen LogP contribution in [-0.4, -0.2) is 27.7 Å². The topological polar surface area (TPSA) is 85.3 Å². The Kier molecular flexibility index (Phi) is 6.89. The first-order chi connectivity index (χ1) is 14.3. The lowest BCUT2D eigenvalue weighted by Gasteiger charge is -2.15. The predicted molar refractivity (Wildman–Crippen MR) is 117 cm³/mol. The summed E-state index contributed by atoms with van der Waals surface area (Å²) in [6.45, 7) is 5.39. The van der Waals surface area contributed by atoms with Crippen LogP contribution in [0.3, 0.4) is 0 Å². The van der Waals surface area contributed by atoms with Gasteiger partial charge in [-0.2, -0.15) is 5.10 Å². The van der Waals surface area contributed by atoms with Crippen molar-refractivity contribution in [2.45, 2.75) is 33.3 Å². The number of hydrazine groups is 1. The fraction of sp³-hybridized carbons (Fsp3) is 0.227. The zero-order valence-corrected chi connectivity index (χ0v) is 18.6. The molecule has 0 aliphatic heterocycles. The van der Waals surface area contributed by atoms with E-state index in [9.17, 15) is 9.59 Å². The molecular formula is C22H23BrN4O3. The lowest BCUT2D eigenvalue weighted by Crippen LogP contribution is -2.47. The number of hydrogen-bond donors (Lipinski definition) is 2. The Labute approximate surface area is 183 Å². The molecule has 0 radical (unpaired) electrons. The van der Waals surface area contributed by atoms with Gasteiger partial charge in [-0.1, -0.05) is 40.2 Å². The third-order valence-corrected chi connectivity index (χ3v) is 5.08. The second kappa shape index (κ2) is 9.58. The van der Waals surface area contributed by atoms with Crippen LogP contribution in [-0.2, 0) is 16.0 Å². The molecule has 0 saturated carbocycles. The van der Waals surface area contributed by atoms with E-state index in [1.54, 1.807) is 19.1 Å². The van der Waals surface area contributed by atoms with Crippen molar-refractivity contribution >= 4 is 27.7 Å². The highest BCUT2D eigenvalue weighted by molar-refractivity contribution is 9.10. The number of aromatic nitrogens is 2. The number of amides is 2. The number of nitrogens with zero attached hydrogens (tertiary/aromatic N) is 2. The molecule has 2 aromatic carbocycles. The number of benzene rings is 2. The van der Waals surface area contributed by atoms with E-state index in [1.807, 2.05) is 61.0 Å². The molecule has 1 heterocycles. The van der Waals surface area contributed by atoms with E-state index in [2.05, 4.69) is 31.9 Å². The van der Waals surface area contributed by atoms with E-state index < -0.39 is 12.0 Å². The monoisotopic (exact) mass is 470 g/mol. The van der Waals surface area contributed by atoms with E-state index in [-0.39, 0.29) is 12.3 Å². The van der Waals surface area contributed by atoms with E-state index in [0.717, 1.165) is 27.1 Å². The molecule has 0 saturated heterocycles. The zero-order chi connectivity index (χ0) is 21.7. The first-order valence-corrected chi connectivity index (χ1v) is 10.3. The van der Waals surface area contributed by atoms with Crippen molar-refractivity contribution in [2.75, 3.05) is 0 Å². The number of carbonyl (C=O) groups is 2. The van der Waals surface area contributed by atoms with E-state index in [1.165, 1.54) is 0 Å². The molecule has 0 bridgehead atoms. The number of rotatable bonds is 6. The quantitative estimate of drug-likeness (QED) is 0.540. The van der Waals surface area contributed by atoms with Gasteiger partial charge < -0.3 is 4.74 Å². The molecule has 3 rings (SSSR count). The Bertz CT molecular complexity index is 1050. The second-order valence-corrected chi connectivity index (χ2v) is 7.74. The average Bonchev–Trinajstić information content (AvgIpc) is 3.01. The Morgan fingerprint density at radius 3 is 2.53 bits per heavy atom. The number of nitrogens with one attached hydrogen (secondary N) is 2. The molecule has 1 aromatic heterocycles. The standard InChI is InChI=1S/C22H23BrN4O3/c1-14-20(15(2)27(26-14)18-9-5-4-6-10-18)13-21(28)24-25-22(29)16(3)30-19-11-7-8-17(23)12-19/h4-12,16H,13H2,1-3H3,(H,24,28)(H,25,29). The molecule has 7 nitrogen and oxygen atoms in total. The third-order valence-electron chi connectivity index (χ3n) is 4.58. The molecule has 1 atom stereocenters. The van der Waals surface area contributed by atoms with Crippen molar-refractivity contribution in [2.24, 2.45) is 0 Å². The summed E-state index contributed by atoms with van der Waals surface area (Å²) in [6, 6.07) is 16.9. The highest BCUT2D eigenvalue weighted by Gasteiger charge is 2.18. The SMILES string of the molecule is Cc1nn(-c2ccccc2)c(C)c1CC(=O)NNC(=O)C(C)Oc1cccc(Br)c1. The third kappa shape index (κ3) is 5.27. The average molecular weight is 471 g/mol. The Hall–Kier alpha value is -3.13. The molecule has 156 valence electrons. The summed E-state index contributed by atoms with van der Waals surface area (Å²) in [6.07, 6.45) is -0.671. The van der Waals surface area contributed by atoms with E-state index in [0.29, 0.717) is 5.75 Å². The van der Waals surface area contributed by atoms with Crippen molar-refractivity contribution in [3.63, 3.8) is 0 Å². The number of ether oxygens (including phenoxy) is 1.